The summed E-state index contributed by atoms with van der Waals surface area (Å²) in [6.45, 7) is 21.0. The maximum absolute atomic E-state index is 14.1. The zero-order chi connectivity index (χ0) is 49.6. The third-order valence-electron chi connectivity index (χ3n) is 13.5. The number of nitrogens with one attached hydrogen (secondary N) is 2. The number of aliphatic hydroxyl groups excluding tert-OH is 2. The van der Waals surface area contributed by atoms with E-state index in [4.69, 9.17) is 9.47 Å². The third-order valence-corrected chi connectivity index (χ3v) is 14.5. The van der Waals surface area contributed by atoms with E-state index >= 15 is 0 Å². The molecule has 2 fully saturated rings. The van der Waals surface area contributed by atoms with Crippen molar-refractivity contribution in [3.8, 4) is 27.3 Å². The van der Waals surface area contributed by atoms with Crippen molar-refractivity contribution in [1.82, 2.24) is 30.3 Å². The number of nitrogens with zero attached hydrogens (tertiary/aromatic N) is 4. The molecular formula is C54H70N6O8S. The molecule has 2 aliphatic heterocycles. The molecule has 0 spiro atoms. The molecule has 0 radical (unpaired) electrons. The highest BCUT2D eigenvalue weighted by atomic mass is 32.1. The molecule has 14 nitrogen and oxygen atoms in total. The molecule has 69 heavy (non-hydrogen) atoms. The summed E-state index contributed by atoms with van der Waals surface area (Å²) in [6.07, 6.45) is 0.128. The zero-order valence-corrected chi connectivity index (χ0v) is 42.3. The van der Waals surface area contributed by atoms with E-state index in [9.17, 15) is 29.4 Å². The lowest BCUT2D eigenvalue weighted by atomic mass is 9.74. The fourth-order valence-electron chi connectivity index (χ4n) is 9.51. The highest BCUT2D eigenvalue weighted by Gasteiger charge is 2.45. The minimum absolute atomic E-state index is 0.00464. The average Bonchev–Trinajstić information content (AvgIpc) is 3.92. The Bertz CT molecular complexity index is 2490. The molecule has 0 saturated carbocycles. The number of β-amino-alcohol motifs (C(OH)–C–C–N with tert-alkyl or cyclic N) is 1. The van der Waals surface area contributed by atoms with Crippen molar-refractivity contribution in [1.29, 1.82) is 0 Å². The molecule has 370 valence electrons. The van der Waals surface area contributed by atoms with Crippen LogP contribution in [0.5, 0.6) is 5.75 Å². The summed E-state index contributed by atoms with van der Waals surface area (Å²) in [6, 6.07) is 19.8. The Morgan fingerprint density at radius 3 is 2.14 bits per heavy atom. The number of ketones is 1. The highest BCUT2D eigenvalue weighted by Crippen LogP contribution is 2.41. The topological polar surface area (TPSA) is 174 Å². The first-order valence-corrected chi connectivity index (χ1v) is 25.0. The smallest absolute Gasteiger partial charge is 0.246 e. The molecular weight excluding hydrogens is 893 g/mol. The molecule has 3 aliphatic rings. The number of hydrogen-bond acceptors (Lipinski definition) is 12. The number of carbonyl (C=O) groups is 4. The summed E-state index contributed by atoms with van der Waals surface area (Å²) in [5.74, 6) is -0.267. The van der Waals surface area contributed by atoms with Crippen LogP contribution in [0.25, 0.3) is 27.1 Å². The number of allylic oxidation sites excluding steroid dienone is 2. The Morgan fingerprint density at radius 1 is 0.884 bits per heavy atom. The first kappa shape index (κ1) is 51.4. The Morgan fingerprint density at radius 2 is 1.52 bits per heavy atom. The number of ether oxygens (including phenoxy) is 2. The van der Waals surface area contributed by atoms with Crippen molar-refractivity contribution in [2.24, 2.45) is 10.8 Å². The fraction of sp³-hybridized carbons (Fsp3) is 0.500. The van der Waals surface area contributed by atoms with Crippen LogP contribution in [0.2, 0.25) is 0 Å². The number of aromatic nitrogens is 1. The zero-order valence-electron chi connectivity index (χ0n) is 41.5. The van der Waals surface area contributed by atoms with E-state index in [0.717, 1.165) is 82.4 Å². The van der Waals surface area contributed by atoms with Gasteiger partial charge in [-0.3, -0.25) is 29.0 Å². The second kappa shape index (κ2) is 22.1. The van der Waals surface area contributed by atoms with E-state index in [0.29, 0.717) is 38.2 Å². The maximum Gasteiger partial charge on any atom is 0.246 e. The number of likely N-dealkylation sites (tertiary alicyclic amines) is 1. The molecule has 3 aromatic carbocycles. The number of thiazole rings is 1. The van der Waals surface area contributed by atoms with Crippen LogP contribution in [0.3, 0.4) is 0 Å². The van der Waals surface area contributed by atoms with Gasteiger partial charge in [0.05, 0.1) is 40.4 Å². The maximum atomic E-state index is 14.1. The van der Waals surface area contributed by atoms with Crippen LogP contribution in [-0.2, 0) is 23.9 Å². The number of piperazine rings is 1. The van der Waals surface area contributed by atoms with Crippen molar-refractivity contribution in [2.45, 2.75) is 98.9 Å². The van der Waals surface area contributed by atoms with E-state index in [1.54, 1.807) is 11.3 Å². The van der Waals surface area contributed by atoms with Gasteiger partial charge in [0.1, 0.15) is 36.8 Å². The van der Waals surface area contributed by atoms with Crippen molar-refractivity contribution in [3.05, 3.63) is 100 Å². The van der Waals surface area contributed by atoms with E-state index in [2.05, 4.69) is 25.4 Å². The van der Waals surface area contributed by atoms with Crippen molar-refractivity contribution >= 4 is 40.4 Å². The number of rotatable bonds is 17. The van der Waals surface area contributed by atoms with E-state index in [1.807, 2.05) is 128 Å². The first-order chi connectivity index (χ1) is 32.8. The summed E-state index contributed by atoms with van der Waals surface area (Å²) in [7, 11) is 0. The Balaban J connectivity index is 0.809. The minimum atomic E-state index is -0.943. The van der Waals surface area contributed by atoms with Gasteiger partial charge in [0.15, 0.2) is 5.78 Å². The van der Waals surface area contributed by atoms with E-state index < -0.39 is 35.4 Å². The van der Waals surface area contributed by atoms with E-state index in [-0.39, 0.29) is 48.5 Å². The Hall–Kier alpha value is -5.45. The summed E-state index contributed by atoms with van der Waals surface area (Å²) < 4.78 is 11.9. The average molecular weight is 963 g/mol. The summed E-state index contributed by atoms with van der Waals surface area (Å²) >= 11 is 1.58. The number of hydrogen-bond donors (Lipinski definition) is 4. The van der Waals surface area contributed by atoms with Gasteiger partial charge in [0, 0.05) is 65.1 Å². The van der Waals surface area contributed by atoms with Gasteiger partial charge in [0.2, 0.25) is 17.7 Å². The van der Waals surface area contributed by atoms with Gasteiger partial charge >= 0.3 is 0 Å². The molecule has 1 aromatic heterocycles. The second-order valence-electron chi connectivity index (χ2n) is 20.8. The molecule has 1 aliphatic carbocycles. The van der Waals surface area contributed by atoms with Crippen LogP contribution in [0.1, 0.15) is 89.2 Å². The normalized spacial score (nSPS) is 19.9. The fourth-order valence-corrected chi connectivity index (χ4v) is 10.3. The van der Waals surface area contributed by atoms with Crippen LogP contribution in [0.15, 0.2) is 78.0 Å². The Kier molecular flexibility index (Phi) is 16.5. The van der Waals surface area contributed by atoms with Crippen LogP contribution in [0, 0.1) is 24.7 Å². The Labute approximate surface area is 411 Å². The molecule has 4 atom stereocenters. The number of amides is 3. The van der Waals surface area contributed by atoms with Crippen molar-refractivity contribution in [3.63, 3.8) is 0 Å². The lowest BCUT2D eigenvalue weighted by molar-refractivity contribution is -0.144. The molecule has 4 aromatic rings. The quantitative estimate of drug-likeness (QED) is 0.0793. The molecule has 0 bridgehead atoms. The molecule has 4 N–H and O–H groups in total. The SMILES string of the molecule is Cc1ccc(-c2ccc(OCCN3CCN(CCOCC(=O)N[C@H](C(=O)N4C[C@H](O)C[C@H]4C(=O)N[C@@H](C)c4ccc(-c5scnc5C)cc4)C(C)(C)C)CC3)cc2)cc1C1=C(O)CC(C)(C)CC1=O. The molecule has 3 heterocycles. The van der Waals surface area contributed by atoms with Gasteiger partial charge in [-0.25, -0.2) is 4.98 Å². The van der Waals surface area contributed by atoms with E-state index in [1.165, 1.54) is 4.90 Å². The van der Waals surface area contributed by atoms with Gasteiger partial charge in [0.25, 0.3) is 0 Å². The third kappa shape index (κ3) is 13.1. The number of Topliss-reactive ketones (excluding diaryl/α,β-unsaturated/α-hetero) is 1. The van der Waals surface area contributed by atoms with Gasteiger partial charge < -0.3 is 35.2 Å². The standard InChI is InChI=1S/C54H70N6O8S/c1-34-9-10-40(27-43(34)48-45(62)29-54(7,8)30-46(48)63)38-15-17-42(18-16-38)68-26-24-59-21-19-58(20-22-59)23-25-67-32-47(64)57-50(53(4,5)6)52(66)60-31-41(61)28-44(60)51(65)56-35(2)37-11-13-39(14-12-37)49-36(3)55-33-69-49/h9-18,27,33,35,41,44,50,61-62H,19-26,28-32H2,1-8H3,(H,56,65)(H,57,64)/t35-,41+,44-,50+/m0/s1. The van der Waals surface area contributed by atoms with Gasteiger partial charge in [-0.05, 0) is 83.2 Å². The van der Waals surface area contributed by atoms with Crippen LogP contribution < -0.4 is 15.4 Å². The van der Waals surface area contributed by atoms with Gasteiger partial charge in [-0.2, -0.15) is 0 Å². The molecule has 2 saturated heterocycles. The summed E-state index contributed by atoms with van der Waals surface area (Å²) in [5.41, 5.74) is 7.97. The molecule has 0 unspecified atom stereocenters. The van der Waals surface area contributed by atoms with Gasteiger partial charge in [-0.15, -0.1) is 11.3 Å². The molecule has 15 heteroatoms. The number of aliphatic hydroxyl groups is 2. The van der Waals surface area contributed by atoms with Crippen molar-refractivity contribution in [2.75, 3.05) is 65.6 Å². The second-order valence-corrected chi connectivity index (χ2v) is 21.6. The lowest BCUT2D eigenvalue weighted by Crippen LogP contribution is -2.58. The lowest BCUT2D eigenvalue weighted by Gasteiger charge is -2.35. The number of carbonyl (C=O) groups excluding carboxylic acids is 4. The van der Waals surface area contributed by atoms with Crippen LogP contribution in [0.4, 0.5) is 0 Å². The minimum Gasteiger partial charge on any atom is -0.512 e. The van der Waals surface area contributed by atoms with Crippen molar-refractivity contribution < 1.29 is 38.9 Å². The number of aryl methyl sites for hydroxylation is 2. The summed E-state index contributed by atoms with van der Waals surface area (Å²) in [4.78, 5) is 65.6. The predicted octanol–water partition coefficient (Wildman–Crippen LogP) is 7.14. The first-order valence-electron chi connectivity index (χ1n) is 24.2. The van der Waals surface area contributed by atoms with Gasteiger partial charge in [-0.1, -0.05) is 83.1 Å². The molecule has 3 amide bonds. The van der Waals surface area contributed by atoms with Crippen LogP contribution >= 0.6 is 11.3 Å². The molecule has 7 rings (SSSR count). The summed E-state index contributed by atoms with van der Waals surface area (Å²) in [5, 5.41) is 27.4. The monoisotopic (exact) mass is 962 g/mol. The number of benzene rings is 3. The highest BCUT2D eigenvalue weighted by molar-refractivity contribution is 7.13. The predicted molar refractivity (Wildman–Crippen MR) is 270 cm³/mol. The largest absolute Gasteiger partial charge is 0.512 e. The van der Waals surface area contributed by atoms with Crippen LogP contribution in [-0.4, -0.2) is 137 Å².